The molecule has 2 aromatic rings. The quantitative estimate of drug-likeness (QED) is 0.721. The maximum Gasteiger partial charge on any atom is 0.307 e. The topological polar surface area (TPSA) is 66.4 Å². The Hall–Kier alpha value is -2.98. The Balaban J connectivity index is 1.33. The van der Waals surface area contributed by atoms with Gasteiger partial charge >= 0.3 is 5.97 Å². The monoisotopic (exact) mass is 373 g/mol. The highest BCUT2D eigenvalue weighted by atomic mass is 16.4. The molecule has 4 nitrogen and oxygen atoms in total. The molecule has 1 saturated carbocycles. The molecule has 0 bridgehead atoms. The van der Waals surface area contributed by atoms with E-state index >= 15 is 0 Å². The van der Waals surface area contributed by atoms with Crippen LogP contribution in [0.25, 0.3) is 0 Å². The van der Waals surface area contributed by atoms with Crippen LogP contribution in [0.1, 0.15) is 34.3 Å². The molecule has 4 heteroatoms. The van der Waals surface area contributed by atoms with Crippen molar-refractivity contribution in [3.05, 3.63) is 95.1 Å². The fraction of sp³-hybridized carbons (Fsp3) is 0.250. The molecule has 0 heterocycles. The van der Waals surface area contributed by atoms with Gasteiger partial charge in [0.2, 0.25) is 0 Å². The summed E-state index contributed by atoms with van der Waals surface area (Å²) < 4.78 is 0. The Morgan fingerprint density at radius 3 is 2.50 bits per heavy atom. The van der Waals surface area contributed by atoms with Crippen molar-refractivity contribution >= 4 is 11.8 Å². The molecule has 0 spiro atoms. The van der Waals surface area contributed by atoms with E-state index in [-0.39, 0.29) is 23.7 Å². The zero-order chi connectivity index (χ0) is 19.5. The smallest absolute Gasteiger partial charge is 0.307 e. The van der Waals surface area contributed by atoms with Gasteiger partial charge in [0.05, 0.1) is 5.92 Å². The SMILES string of the molecule is O=C(c1ccccc1)c1cccc(CNC2C=CC([C@@H]3C[C@H]3C(=O)O)=CC2)c1. The molecule has 1 unspecified atom stereocenters. The molecule has 2 aliphatic rings. The fourth-order valence-electron chi connectivity index (χ4n) is 3.73. The zero-order valence-electron chi connectivity index (χ0n) is 15.5. The van der Waals surface area contributed by atoms with E-state index in [9.17, 15) is 9.59 Å². The lowest BCUT2D eigenvalue weighted by molar-refractivity contribution is -0.138. The molecule has 0 amide bonds. The number of nitrogens with one attached hydrogen (secondary N) is 1. The number of carboxylic acid groups (broad SMARTS) is 1. The summed E-state index contributed by atoms with van der Waals surface area (Å²) >= 11 is 0. The number of allylic oxidation sites excluding steroid dienone is 2. The lowest BCUT2D eigenvalue weighted by Gasteiger charge is -2.18. The van der Waals surface area contributed by atoms with E-state index in [1.165, 1.54) is 0 Å². The number of hydrogen-bond acceptors (Lipinski definition) is 3. The molecule has 2 N–H and O–H groups in total. The molecule has 0 aliphatic heterocycles. The Bertz CT molecular complexity index is 945. The van der Waals surface area contributed by atoms with Gasteiger partial charge in [0, 0.05) is 23.7 Å². The van der Waals surface area contributed by atoms with E-state index in [1.54, 1.807) is 0 Å². The number of hydrogen-bond donors (Lipinski definition) is 2. The first kappa shape index (κ1) is 18.4. The van der Waals surface area contributed by atoms with Gasteiger partial charge in [-0.2, -0.15) is 0 Å². The second-order valence-corrected chi connectivity index (χ2v) is 7.47. The van der Waals surface area contributed by atoms with E-state index in [4.69, 9.17) is 5.11 Å². The minimum absolute atomic E-state index is 0.0324. The number of benzene rings is 2. The number of carboxylic acids is 1. The maximum atomic E-state index is 12.6. The van der Waals surface area contributed by atoms with Crippen LogP contribution in [-0.2, 0) is 11.3 Å². The molecular weight excluding hydrogens is 350 g/mol. The number of carbonyl (C=O) groups excluding carboxylic acids is 1. The molecule has 4 rings (SSSR count). The van der Waals surface area contributed by atoms with Crippen LogP contribution in [0.15, 0.2) is 78.4 Å². The zero-order valence-corrected chi connectivity index (χ0v) is 15.5. The summed E-state index contributed by atoms with van der Waals surface area (Å²) in [4.78, 5) is 23.6. The van der Waals surface area contributed by atoms with Crippen LogP contribution >= 0.6 is 0 Å². The Morgan fingerprint density at radius 1 is 1.04 bits per heavy atom. The summed E-state index contributed by atoms with van der Waals surface area (Å²) in [5.74, 6) is -0.671. The van der Waals surface area contributed by atoms with Crippen molar-refractivity contribution in [2.45, 2.75) is 25.4 Å². The summed E-state index contributed by atoms with van der Waals surface area (Å²) in [6.45, 7) is 0.676. The van der Waals surface area contributed by atoms with Crippen molar-refractivity contribution < 1.29 is 14.7 Å². The highest BCUT2D eigenvalue weighted by Crippen LogP contribution is 2.45. The second kappa shape index (κ2) is 7.95. The molecule has 28 heavy (non-hydrogen) atoms. The molecular formula is C24H23NO3. The van der Waals surface area contributed by atoms with E-state index < -0.39 is 5.97 Å². The van der Waals surface area contributed by atoms with Gasteiger partial charge in [-0.05, 0) is 36.0 Å². The standard InChI is InChI=1S/C24H23NO3/c26-23(18-6-2-1-3-7-18)19-8-4-5-16(13-19)15-25-20-11-9-17(10-12-20)21-14-22(21)24(27)28/h1-11,13,20-22,25H,12,14-15H2,(H,27,28)/t20?,21-,22+/m0/s1. The molecule has 0 saturated heterocycles. The van der Waals surface area contributed by atoms with Crippen LogP contribution in [0, 0.1) is 11.8 Å². The van der Waals surface area contributed by atoms with Crippen LogP contribution in [0.5, 0.6) is 0 Å². The highest BCUT2D eigenvalue weighted by molar-refractivity contribution is 6.09. The third-order valence-corrected chi connectivity index (χ3v) is 5.46. The van der Waals surface area contributed by atoms with E-state index in [2.05, 4.69) is 23.5 Å². The predicted octanol–water partition coefficient (Wildman–Crippen LogP) is 3.98. The van der Waals surface area contributed by atoms with Crippen molar-refractivity contribution in [3.8, 4) is 0 Å². The first-order chi connectivity index (χ1) is 13.6. The van der Waals surface area contributed by atoms with Gasteiger partial charge in [-0.3, -0.25) is 9.59 Å². The van der Waals surface area contributed by atoms with Crippen molar-refractivity contribution in [1.82, 2.24) is 5.32 Å². The van der Waals surface area contributed by atoms with Gasteiger partial charge in [0.1, 0.15) is 0 Å². The minimum atomic E-state index is -0.690. The Kier molecular flexibility index (Phi) is 5.22. The van der Waals surface area contributed by atoms with Crippen molar-refractivity contribution in [2.75, 3.05) is 0 Å². The largest absolute Gasteiger partial charge is 0.481 e. The van der Waals surface area contributed by atoms with Gasteiger partial charge in [-0.25, -0.2) is 0 Å². The Morgan fingerprint density at radius 2 is 1.82 bits per heavy atom. The normalized spacial score (nSPS) is 23.1. The molecule has 2 aromatic carbocycles. The third-order valence-electron chi connectivity index (χ3n) is 5.46. The van der Waals surface area contributed by atoms with Gasteiger partial charge in [0.15, 0.2) is 5.78 Å². The predicted molar refractivity (Wildman–Crippen MR) is 108 cm³/mol. The van der Waals surface area contributed by atoms with Gasteiger partial charge in [0.25, 0.3) is 0 Å². The van der Waals surface area contributed by atoms with E-state index in [0.717, 1.165) is 24.0 Å². The molecule has 0 aromatic heterocycles. The van der Waals surface area contributed by atoms with Crippen molar-refractivity contribution in [2.24, 2.45) is 11.8 Å². The lowest BCUT2D eigenvalue weighted by atomic mass is 9.98. The lowest BCUT2D eigenvalue weighted by Crippen LogP contribution is -2.27. The first-order valence-corrected chi connectivity index (χ1v) is 9.65. The number of carbonyl (C=O) groups is 2. The second-order valence-electron chi connectivity index (χ2n) is 7.47. The van der Waals surface area contributed by atoms with Crippen LogP contribution < -0.4 is 5.32 Å². The molecule has 142 valence electrons. The first-order valence-electron chi connectivity index (χ1n) is 9.65. The van der Waals surface area contributed by atoms with Crippen LogP contribution in [0.2, 0.25) is 0 Å². The van der Waals surface area contributed by atoms with Gasteiger partial charge < -0.3 is 10.4 Å². The molecule has 2 aliphatic carbocycles. The average Bonchev–Trinajstić information content (AvgIpc) is 3.54. The van der Waals surface area contributed by atoms with Crippen LogP contribution in [-0.4, -0.2) is 22.9 Å². The molecule has 0 radical (unpaired) electrons. The number of ketones is 1. The number of aliphatic carboxylic acids is 1. The fourth-order valence-corrected chi connectivity index (χ4v) is 3.73. The van der Waals surface area contributed by atoms with E-state index in [1.807, 2.05) is 54.6 Å². The maximum absolute atomic E-state index is 12.6. The molecule has 1 fully saturated rings. The summed E-state index contributed by atoms with van der Waals surface area (Å²) in [7, 11) is 0. The summed E-state index contributed by atoms with van der Waals surface area (Å²) in [6, 6.07) is 17.3. The third kappa shape index (κ3) is 4.12. The van der Waals surface area contributed by atoms with Crippen LogP contribution in [0.4, 0.5) is 0 Å². The van der Waals surface area contributed by atoms with Crippen LogP contribution in [0.3, 0.4) is 0 Å². The number of rotatable bonds is 7. The summed E-state index contributed by atoms with van der Waals surface area (Å²) in [5, 5.41) is 12.6. The summed E-state index contributed by atoms with van der Waals surface area (Å²) in [6.07, 6.45) is 7.94. The van der Waals surface area contributed by atoms with Crippen molar-refractivity contribution in [3.63, 3.8) is 0 Å². The minimum Gasteiger partial charge on any atom is -0.481 e. The Labute approximate surface area is 164 Å². The summed E-state index contributed by atoms with van der Waals surface area (Å²) in [5.41, 5.74) is 3.61. The highest BCUT2D eigenvalue weighted by Gasteiger charge is 2.44. The molecule has 3 atom stereocenters. The van der Waals surface area contributed by atoms with E-state index in [0.29, 0.717) is 17.7 Å². The average molecular weight is 373 g/mol. The van der Waals surface area contributed by atoms with Gasteiger partial charge in [-0.1, -0.05) is 66.8 Å². The van der Waals surface area contributed by atoms with Gasteiger partial charge in [-0.15, -0.1) is 0 Å². The van der Waals surface area contributed by atoms with Crippen molar-refractivity contribution in [1.29, 1.82) is 0 Å².